The van der Waals surface area contributed by atoms with Crippen LogP contribution >= 0.6 is 22.7 Å². The third kappa shape index (κ3) is 3.37. The van der Waals surface area contributed by atoms with E-state index in [-0.39, 0.29) is 5.91 Å². The zero-order chi connectivity index (χ0) is 21.5. The molecule has 5 aromatic rings. The fourth-order valence-electron chi connectivity index (χ4n) is 3.63. The molecule has 0 aliphatic carbocycles. The molecule has 4 heterocycles. The Balaban J connectivity index is 1.42. The van der Waals surface area contributed by atoms with E-state index in [1.165, 1.54) is 28.9 Å². The number of nitrogens with one attached hydrogen (secondary N) is 3. The number of fused-ring (bicyclic) bond motifs is 2. The van der Waals surface area contributed by atoms with Crippen LogP contribution in [0.1, 0.15) is 31.5 Å². The highest BCUT2D eigenvalue weighted by molar-refractivity contribution is 7.19. The van der Waals surface area contributed by atoms with Gasteiger partial charge in [0.25, 0.3) is 5.91 Å². The largest absolute Gasteiger partial charge is 0.375 e. The first-order valence-electron chi connectivity index (χ1n) is 9.43. The number of thiazole rings is 2. The highest BCUT2D eigenvalue weighted by Gasteiger charge is 2.23. The van der Waals surface area contributed by atoms with Crippen LogP contribution in [0.3, 0.4) is 0 Å². The molecule has 0 aliphatic heterocycles. The van der Waals surface area contributed by atoms with E-state index in [0.29, 0.717) is 35.0 Å². The molecule has 11 heteroatoms. The van der Waals surface area contributed by atoms with Crippen LogP contribution in [0.15, 0.2) is 30.6 Å². The van der Waals surface area contributed by atoms with Gasteiger partial charge in [-0.2, -0.15) is 5.10 Å². The number of benzene rings is 1. The van der Waals surface area contributed by atoms with E-state index < -0.39 is 0 Å². The summed E-state index contributed by atoms with van der Waals surface area (Å²) in [6, 6.07) is 5.82. The van der Waals surface area contributed by atoms with E-state index >= 15 is 0 Å². The van der Waals surface area contributed by atoms with Gasteiger partial charge in [0, 0.05) is 48.3 Å². The molecule has 0 bridgehead atoms. The van der Waals surface area contributed by atoms with E-state index in [1.807, 2.05) is 18.2 Å². The van der Waals surface area contributed by atoms with Gasteiger partial charge in [0.15, 0.2) is 10.8 Å². The van der Waals surface area contributed by atoms with E-state index in [4.69, 9.17) is 16.1 Å². The fourth-order valence-corrected chi connectivity index (χ4v) is 5.55. The van der Waals surface area contributed by atoms with Crippen molar-refractivity contribution in [2.45, 2.75) is 13.0 Å². The minimum atomic E-state index is -0.247. The number of nitrogens with zero attached hydrogens (tertiary/aromatic N) is 4. The molecule has 9 nitrogen and oxygen atoms in total. The summed E-state index contributed by atoms with van der Waals surface area (Å²) < 4.78 is 2.58. The Morgan fingerprint density at radius 3 is 3.00 bits per heavy atom. The van der Waals surface area contributed by atoms with Crippen molar-refractivity contribution in [2.24, 2.45) is 7.05 Å². The topological polar surface area (TPSA) is 138 Å². The van der Waals surface area contributed by atoms with Crippen molar-refractivity contribution < 1.29 is 4.79 Å². The molecule has 0 spiro atoms. The van der Waals surface area contributed by atoms with Crippen molar-refractivity contribution >= 4 is 61.2 Å². The molecule has 5 N–H and O–H groups in total. The lowest BCUT2D eigenvalue weighted by atomic mass is 10.1. The van der Waals surface area contributed by atoms with Gasteiger partial charge in [-0.3, -0.25) is 9.89 Å². The first-order chi connectivity index (χ1) is 15.0. The Hall–Kier alpha value is -3.57. The summed E-state index contributed by atoms with van der Waals surface area (Å²) in [5.74, 6) is -0.247. The maximum absolute atomic E-state index is 13.0. The zero-order valence-electron chi connectivity index (χ0n) is 16.5. The quantitative estimate of drug-likeness (QED) is 0.295. The Labute approximate surface area is 184 Å². The molecule has 156 valence electrons. The molecule has 5 rings (SSSR count). The summed E-state index contributed by atoms with van der Waals surface area (Å²) in [7, 11) is 1.80. The molecule has 0 saturated carbocycles. The number of hydrogen-bond donors (Lipinski definition) is 4. The van der Waals surface area contributed by atoms with E-state index in [0.717, 1.165) is 31.1 Å². The minimum absolute atomic E-state index is 0.247. The van der Waals surface area contributed by atoms with Crippen molar-refractivity contribution in [3.63, 3.8) is 0 Å². The number of nitrogen functional groups attached to an aromatic ring is 1. The predicted molar refractivity (Wildman–Crippen MR) is 123 cm³/mol. The van der Waals surface area contributed by atoms with Gasteiger partial charge < -0.3 is 21.0 Å². The van der Waals surface area contributed by atoms with Gasteiger partial charge in [0.1, 0.15) is 10.7 Å². The summed E-state index contributed by atoms with van der Waals surface area (Å²) in [4.78, 5) is 22.8. The van der Waals surface area contributed by atoms with Gasteiger partial charge in [0.05, 0.1) is 16.4 Å². The number of amides is 1. The molecule has 1 amide bonds. The van der Waals surface area contributed by atoms with Gasteiger partial charge in [0.2, 0.25) is 0 Å². The second-order valence-corrected chi connectivity index (χ2v) is 9.23. The van der Waals surface area contributed by atoms with Crippen molar-refractivity contribution in [3.05, 3.63) is 57.3 Å². The minimum Gasteiger partial charge on any atom is -0.375 e. The van der Waals surface area contributed by atoms with Gasteiger partial charge in [-0.25, -0.2) is 9.97 Å². The maximum atomic E-state index is 13.0. The molecule has 0 radical (unpaired) electrons. The SMILES string of the molecule is Cn1c(C(=O)NCc2cccc3[nH]ncc23)c(C=N)c2sc(Cc3cnc(N)s3)nc21. The number of anilines is 1. The van der Waals surface area contributed by atoms with Gasteiger partial charge >= 0.3 is 0 Å². The first-order valence-corrected chi connectivity index (χ1v) is 11.1. The molecular formula is C20H18N8OS2. The zero-order valence-corrected chi connectivity index (χ0v) is 18.1. The molecule has 0 unspecified atom stereocenters. The molecule has 31 heavy (non-hydrogen) atoms. The van der Waals surface area contributed by atoms with Crippen LogP contribution in [-0.4, -0.2) is 36.9 Å². The average molecular weight is 451 g/mol. The molecule has 0 saturated heterocycles. The van der Waals surface area contributed by atoms with Crippen molar-refractivity contribution in [3.8, 4) is 0 Å². The van der Waals surface area contributed by atoms with Crippen molar-refractivity contribution in [1.29, 1.82) is 5.41 Å². The van der Waals surface area contributed by atoms with Crippen LogP contribution in [0.4, 0.5) is 5.13 Å². The van der Waals surface area contributed by atoms with Crippen LogP contribution in [0.2, 0.25) is 0 Å². The number of H-pyrrole nitrogens is 1. The molecule has 0 atom stereocenters. The standard InChI is InChI=1S/C20H18N8OS2/c1-28-16(19(29)23-7-10-3-2-4-14-13(10)9-25-27-14)12(6-21)17-18(28)26-15(31-17)5-11-8-24-20(22)30-11/h2-4,6,8-9,21H,5,7H2,1H3,(H2,22,24)(H,23,29)(H,25,27). The third-order valence-corrected chi connectivity index (χ3v) is 6.98. The smallest absolute Gasteiger partial charge is 0.268 e. The van der Waals surface area contributed by atoms with Crippen molar-refractivity contribution in [2.75, 3.05) is 5.73 Å². The second kappa shape index (κ2) is 7.60. The van der Waals surface area contributed by atoms with E-state index in [2.05, 4.69) is 20.5 Å². The average Bonchev–Trinajstić information content (AvgIpc) is 3.52. The number of hydrogen-bond acceptors (Lipinski definition) is 8. The van der Waals surface area contributed by atoms with Crippen molar-refractivity contribution in [1.82, 2.24) is 30.0 Å². The summed E-state index contributed by atoms with van der Waals surface area (Å²) in [6.07, 6.45) is 5.35. The second-order valence-electron chi connectivity index (χ2n) is 7.00. The number of aromatic amines is 1. The van der Waals surface area contributed by atoms with Crippen LogP contribution < -0.4 is 11.1 Å². The molecule has 1 aromatic carbocycles. The van der Waals surface area contributed by atoms with Gasteiger partial charge in [-0.15, -0.1) is 22.7 Å². The Morgan fingerprint density at radius 2 is 2.23 bits per heavy atom. The lowest BCUT2D eigenvalue weighted by Gasteiger charge is -2.08. The highest BCUT2D eigenvalue weighted by atomic mass is 32.1. The summed E-state index contributed by atoms with van der Waals surface area (Å²) in [6.45, 7) is 0.359. The lowest BCUT2D eigenvalue weighted by Crippen LogP contribution is -2.26. The monoisotopic (exact) mass is 450 g/mol. The first kappa shape index (κ1) is 19.4. The van der Waals surface area contributed by atoms with Crippen LogP contribution in [0.5, 0.6) is 0 Å². The van der Waals surface area contributed by atoms with Crippen LogP contribution in [-0.2, 0) is 20.0 Å². The van der Waals surface area contributed by atoms with E-state index in [1.54, 1.807) is 24.0 Å². The normalized spacial score (nSPS) is 11.4. The highest BCUT2D eigenvalue weighted by Crippen LogP contribution is 2.31. The number of aryl methyl sites for hydroxylation is 1. The fraction of sp³-hybridized carbons (Fsp3) is 0.150. The van der Waals surface area contributed by atoms with Gasteiger partial charge in [-0.1, -0.05) is 12.1 Å². The summed E-state index contributed by atoms with van der Waals surface area (Å²) in [5, 5.41) is 20.3. The van der Waals surface area contributed by atoms with E-state index in [9.17, 15) is 4.79 Å². The Morgan fingerprint density at radius 1 is 1.35 bits per heavy atom. The number of nitrogens with two attached hydrogens (primary N) is 1. The molecular weight excluding hydrogens is 432 g/mol. The third-order valence-electron chi connectivity index (χ3n) is 5.08. The van der Waals surface area contributed by atoms with Gasteiger partial charge in [-0.05, 0) is 11.6 Å². The number of rotatable bonds is 6. The number of carbonyl (C=O) groups excluding carboxylic acids is 1. The van der Waals surface area contributed by atoms with Crippen LogP contribution in [0, 0.1) is 5.41 Å². The summed E-state index contributed by atoms with van der Waals surface area (Å²) >= 11 is 2.92. The van der Waals surface area contributed by atoms with Crippen LogP contribution in [0.25, 0.3) is 21.3 Å². The predicted octanol–water partition coefficient (Wildman–Crippen LogP) is 3.07. The Kier molecular flexibility index (Phi) is 4.75. The summed E-state index contributed by atoms with van der Waals surface area (Å²) in [5.41, 5.74) is 9.30. The molecule has 0 fully saturated rings. The molecule has 0 aliphatic rings. The number of carbonyl (C=O) groups is 1. The Bertz CT molecular complexity index is 1440. The lowest BCUT2D eigenvalue weighted by molar-refractivity contribution is 0.0943. The molecule has 4 aromatic heterocycles. The number of aromatic nitrogens is 5. The maximum Gasteiger partial charge on any atom is 0.268 e.